The third kappa shape index (κ3) is 3.39. The van der Waals surface area contributed by atoms with E-state index in [0.29, 0.717) is 23.8 Å². The molecule has 23 heavy (non-hydrogen) atoms. The first kappa shape index (κ1) is 15.6. The van der Waals surface area contributed by atoms with Gasteiger partial charge in [-0.1, -0.05) is 17.3 Å². The molecule has 1 aromatic heterocycles. The van der Waals surface area contributed by atoms with Gasteiger partial charge in [0.25, 0.3) is 0 Å². The average Bonchev–Trinajstić information content (AvgIpc) is 3.04. The van der Waals surface area contributed by atoms with E-state index in [1.165, 1.54) is 12.1 Å². The van der Waals surface area contributed by atoms with Gasteiger partial charge < -0.3 is 9.63 Å². The molecule has 2 atom stereocenters. The molecule has 2 heterocycles. The van der Waals surface area contributed by atoms with Crippen LogP contribution < -0.4 is 0 Å². The summed E-state index contributed by atoms with van der Waals surface area (Å²) in [4.78, 5) is 17.4. The SMILES string of the molecule is C[C@H](C(=O)O)N1CCC[C@H](c2nc(-c3cccc(F)c3)no2)C1. The predicted octanol–water partition coefficient (Wildman–Crippen LogP) is 2.53. The minimum atomic E-state index is -0.836. The van der Waals surface area contributed by atoms with Gasteiger partial charge in [-0.25, -0.2) is 4.39 Å². The number of aromatic nitrogens is 2. The van der Waals surface area contributed by atoms with Crippen molar-refractivity contribution in [3.8, 4) is 11.4 Å². The van der Waals surface area contributed by atoms with Crippen molar-refractivity contribution in [3.63, 3.8) is 0 Å². The van der Waals surface area contributed by atoms with Crippen LogP contribution in [0.4, 0.5) is 4.39 Å². The summed E-state index contributed by atoms with van der Waals surface area (Å²) in [6.07, 6.45) is 1.74. The normalized spacial score (nSPS) is 20.3. The maximum absolute atomic E-state index is 13.3. The summed E-state index contributed by atoms with van der Waals surface area (Å²) in [5.74, 6) is -0.362. The zero-order valence-electron chi connectivity index (χ0n) is 12.8. The number of halogens is 1. The molecule has 1 aliphatic heterocycles. The molecule has 0 amide bonds. The Bertz CT molecular complexity index is 703. The van der Waals surface area contributed by atoms with Crippen LogP contribution in [0.25, 0.3) is 11.4 Å². The zero-order valence-corrected chi connectivity index (χ0v) is 12.8. The first-order valence-corrected chi connectivity index (χ1v) is 7.61. The van der Waals surface area contributed by atoms with E-state index in [-0.39, 0.29) is 11.7 Å². The highest BCUT2D eigenvalue weighted by Gasteiger charge is 2.30. The van der Waals surface area contributed by atoms with Gasteiger partial charge in [0.05, 0.1) is 5.92 Å². The Morgan fingerprint density at radius 2 is 2.35 bits per heavy atom. The lowest BCUT2D eigenvalue weighted by atomic mass is 9.97. The number of hydrogen-bond acceptors (Lipinski definition) is 5. The minimum Gasteiger partial charge on any atom is -0.480 e. The molecular formula is C16H18FN3O3. The highest BCUT2D eigenvalue weighted by Crippen LogP contribution is 2.28. The van der Waals surface area contributed by atoms with Crippen molar-refractivity contribution in [1.82, 2.24) is 15.0 Å². The smallest absolute Gasteiger partial charge is 0.320 e. The van der Waals surface area contributed by atoms with Crippen LogP contribution in [0.15, 0.2) is 28.8 Å². The lowest BCUT2D eigenvalue weighted by Gasteiger charge is -2.33. The van der Waals surface area contributed by atoms with E-state index in [1.807, 2.05) is 4.90 Å². The molecule has 0 aliphatic carbocycles. The Balaban J connectivity index is 1.76. The Morgan fingerprint density at radius 1 is 1.52 bits per heavy atom. The van der Waals surface area contributed by atoms with Gasteiger partial charge in [0.1, 0.15) is 11.9 Å². The molecule has 3 rings (SSSR count). The van der Waals surface area contributed by atoms with Crippen molar-refractivity contribution in [3.05, 3.63) is 36.0 Å². The third-order valence-electron chi connectivity index (χ3n) is 4.23. The van der Waals surface area contributed by atoms with Crippen LogP contribution in [-0.2, 0) is 4.79 Å². The zero-order chi connectivity index (χ0) is 16.4. The fourth-order valence-electron chi connectivity index (χ4n) is 2.86. The fraction of sp³-hybridized carbons (Fsp3) is 0.438. The van der Waals surface area contributed by atoms with Gasteiger partial charge in [0, 0.05) is 12.1 Å². The van der Waals surface area contributed by atoms with Gasteiger partial charge in [-0.3, -0.25) is 9.69 Å². The van der Waals surface area contributed by atoms with Crippen LogP contribution in [0, 0.1) is 5.82 Å². The largest absolute Gasteiger partial charge is 0.480 e. The van der Waals surface area contributed by atoms with Crippen LogP contribution in [0.5, 0.6) is 0 Å². The molecular weight excluding hydrogens is 301 g/mol. The van der Waals surface area contributed by atoms with Gasteiger partial charge in [0.2, 0.25) is 11.7 Å². The molecule has 122 valence electrons. The summed E-state index contributed by atoms with van der Waals surface area (Å²) < 4.78 is 18.6. The average molecular weight is 319 g/mol. The summed E-state index contributed by atoms with van der Waals surface area (Å²) in [6.45, 7) is 2.99. The highest BCUT2D eigenvalue weighted by molar-refractivity contribution is 5.72. The van der Waals surface area contributed by atoms with Crippen molar-refractivity contribution >= 4 is 5.97 Å². The van der Waals surface area contributed by atoms with Gasteiger partial charge in [-0.15, -0.1) is 0 Å². The molecule has 1 aromatic carbocycles. The molecule has 1 aliphatic rings. The van der Waals surface area contributed by atoms with Gasteiger partial charge in [0.15, 0.2) is 0 Å². The maximum Gasteiger partial charge on any atom is 0.320 e. The van der Waals surface area contributed by atoms with Gasteiger partial charge in [-0.05, 0) is 38.4 Å². The van der Waals surface area contributed by atoms with Crippen LogP contribution in [0.3, 0.4) is 0 Å². The molecule has 0 bridgehead atoms. The minimum absolute atomic E-state index is 0.000333. The molecule has 1 saturated heterocycles. The first-order valence-electron chi connectivity index (χ1n) is 7.61. The van der Waals surface area contributed by atoms with E-state index in [2.05, 4.69) is 10.1 Å². The summed E-state index contributed by atoms with van der Waals surface area (Å²) in [5.41, 5.74) is 0.562. The number of likely N-dealkylation sites (tertiary alicyclic amines) is 1. The predicted molar refractivity (Wildman–Crippen MR) is 80.3 cm³/mol. The third-order valence-corrected chi connectivity index (χ3v) is 4.23. The number of piperidine rings is 1. The Labute approximate surface area is 132 Å². The molecule has 6 nitrogen and oxygen atoms in total. The number of benzene rings is 1. The van der Waals surface area contributed by atoms with Crippen LogP contribution in [0.2, 0.25) is 0 Å². The number of carbonyl (C=O) groups is 1. The van der Waals surface area contributed by atoms with E-state index in [0.717, 1.165) is 19.4 Å². The number of carboxylic acids is 1. The molecule has 0 unspecified atom stereocenters. The van der Waals surface area contributed by atoms with E-state index in [9.17, 15) is 9.18 Å². The van der Waals surface area contributed by atoms with Gasteiger partial charge in [-0.2, -0.15) is 4.98 Å². The standard InChI is InChI=1S/C16H18FN3O3/c1-10(16(21)22)20-7-3-5-12(9-20)15-18-14(19-23-15)11-4-2-6-13(17)8-11/h2,4,6,8,10,12H,3,5,7,9H2,1H3,(H,21,22)/t10-,12+/m1/s1. The Hall–Kier alpha value is -2.28. The summed E-state index contributed by atoms with van der Waals surface area (Å²) in [5, 5.41) is 13.1. The Morgan fingerprint density at radius 3 is 3.09 bits per heavy atom. The second-order valence-electron chi connectivity index (χ2n) is 5.81. The second kappa shape index (κ2) is 6.45. The van der Waals surface area contributed by atoms with Crippen molar-refractivity contribution in [2.75, 3.05) is 13.1 Å². The summed E-state index contributed by atoms with van der Waals surface area (Å²) in [7, 11) is 0. The lowest BCUT2D eigenvalue weighted by molar-refractivity contribution is -0.143. The van der Waals surface area contributed by atoms with E-state index >= 15 is 0 Å². The first-order chi connectivity index (χ1) is 11.0. The van der Waals surface area contributed by atoms with Crippen molar-refractivity contribution in [1.29, 1.82) is 0 Å². The molecule has 1 N–H and O–H groups in total. The molecule has 0 spiro atoms. The quantitative estimate of drug-likeness (QED) is 0.933. The monoisotopic (exact) mass is 319 g/mol. The molecule has 7 heteroatoms. The van der Waals surface area contributed by atoms with E-state index in [4.69, 9.17) is 9.63 Å². The molecule has 0 radical (unpaired) electrons. The molecule has 2 aromatic rings. The number of aliphatic carboxylic acids is 1. The molecule has 0 saturated carbocycles. The van der Waals surface area contributed by atoms with Crippen LogP contribution in [-0.4, -0.2) is 45.2 Å². The summed E-state index contributed by atoms with van der Waals surface area (Å²) in [6, 6.07) is 5.49. The van der Waals surface area contributed by atoms with Crippen molar-refractivity contribution < 1.29 is 18.8 Å². The van der Waals surface area contributed by atoms with Crippen LogP contribution >= 0.6 is 0 Å². The fourth-order valence-corrected chi connectivity index (χ4v) is 2.86. The van der Waals surface area contributed by atoms with E-state index < -0.39 is 12.0 Å². The van der Waals surface area contributed by atoms with Gasteiger partial charge >= 0.3 is 5.97 Å². The van der Waals surface area contributed by atoms with Crippen molar-refractivity contribution in [2.45, 2.75) is 31.7 Å². The lowest BCUT2D eigenvalue weighted by Crippen LogP contribution is -2.44. The number of carboxylic acid groups (broad SMARTS) is 1. The van der Waals surface area contributed by atoms with E-state index in [1.54, 1.807) is 19.1 Å². The van der Waals surface area contributed by atoms with Crippen molar-refractivity contribution in [2.24, 2.45) is 0 Å². The van der Waals surface area contributed by atoms with Crippen LogP contribution in [0.1, 0.15) is 31.6 Å². The summed E-state index contributed by atoms with van der Waals surface area (Å²) >= 11 is 0. The number of nitrogens with zero attached hydrogens (tertiary/aromatic N) is 3. The Kier molecular flexibility index (Phi) is 4.38. The maximum atomic E-state index is 13.3. The number of hydrogen-bond donors (Lipinski definition) is 1. The second-order valence-corrected chi connectivity index (χ2v) is 5.81. The molecule has 1 fully saturated rings. The number of rotatable bonds is 4. The highest BCUT2D eigenvalue weighted by atomic mass is 19.1. The topological polar surface area (TPSA) is 79.5 Å².